The van der Waals surface area contributed by atoms with E-state index in [1.54, 1.807) is 24.3 Å². The van der Waals surface area contributed by atoms with E-state index in [0.29, 0.717) is 16.5 Å². The molecule has 5 nitrogen and oxygen atoms in total. The Kier molecular flexibility index (Phi) is 5.18. The lowest BCUT2D eigenvalue weighted by atomic mass is 9.88. The van der Waals surface area contributed by atoms with Crippen LogP contribution in [0.1, 0.15) is 48.7 Å². The van der Waals surface area contributed by atoms with Gasteiger partial charge in [-0.05, 0) is 74.6 Å². The molecule has 0 unspecified atom stereocenters. The Labute approximate surface area is 162 Å². The molecule has 5 heteroatoms. The second-order valence-corrected chi connectivity index (χ2v) is 6.97. The molecule has 0 spiro atoms. The topological polar surface area (TPSA) is 73.6 Å². The molecular formula is C23H22O5. The number of para-hydroxylation sites is 1. The van der Waals surface area contributed by atoms with Crippen LogP contribution in [0.2, 0.25) is 0 Å². The van der Waals surface area contributed by atoms with Gasteiger partial charge in [0.2, 0.25) is 11.5 Å². The molecule has 0 aliphatic carbocycles. The van der Waals surface area contributed by atoms with Crippen LogP contribution in [0.25, 0.3) is 11.0 Å². The summed E-state index contributed by atoms with van der Waals surface area (Å²) in [5.41, 5.74) is 5.57. The molecule has 0 fully saturated rings. The molecule has 0 saturated carbocycles. The maximum Gasteiger partial charge on any atom is 0.374 e. The van der Waals surface area contributed by atoms with Crippen molar-refractivity contribution in [3.8, 4) is 0 Å². The highest BCUT2D eigenvalue weighted by Gasteiger charge is 2.21. The molecule has 1 heterocycles. The lowest BCUT2D eigenvalue weighted by molar-refractivity contribution is 0.0444. The maximum absolute atomic E-state index is 12.7. The molecule has 0 atom stereocenters. The van der Waals surface area contributed by atoms with E-state index in [1.807, 2.05) is 34.6 Å². The molecule has 3 rings (SSSR count). The van der Waals surface area contributed by atoms with Gasteiger partial charge >= 0.3 is 5.97 Å². The van der Waals surface area contributed by atoms with Crippen LogP contribution in [0.3, 0.4) is 0 Å². The number of carbonyl (C=O) groups excluding carboxylic acids is 2. The van der Waals surface area contributed by atoms with E-state index >= 15 is 0 Å². The predicted molar refractivity (Wildman–Crippen MR) is 107 cm³/mol. The summed E-state index contributed by atoms with van der Waals surface area (Å²) in [5.74, 6) is -1.34. The van der Waals surface area contributed by atoms with Gasteiger partial charge in [-0.15, -0.1) is 0 Å². The first-order chi connectivity index (χ1) is 13.2. The molecule has 0 aliphatic heterocycles. The van der Waals surface area contributed by atoms with Crippen molar-refractivity contribution in [2.45, 2.75) is 34.6 Å². The minimum absolute atomic E-state index is 0.221. The van der Waals surface area contributed by atoms with Crippen LogP contribution >= 0.6 is 0 Å². The molecule has 28 heavy (non-hydrogen) atoms. The van der Waals surface area contributed by atoms with Crippen LogP contribution in [-0.4, -0.2) is 18.4 Å². The highest BCUT2D eigenvalue weighted by molar-refractivity contribution is 6.02. The van der Waals surface area contributed by atoms with Crippen LogP contribution in [-0.2, 0) is 4.74 Å². The summed E-state index contributed by atoms with van der Waals surface area (Å²) >= 11 is 0. The Balaban J connectivity index is 1.84. The maximum atomic E-state index is 12.7. The summed E-state index contributed by atoms with van der Waals surface area (Å²) in [4.78, 5) is 37.2. The van der Waals surface area contributed by atoms with Gasteiger partial charge in [-0.3, -0.25) is 9.59 Å². The van der Waals surface area contributed by atoms with E-state index in [4.69, 9.17) is 9.15 Å². The first-order valence-electron chi connectivity index (χ1n) is 9.02. The van der Waals surface area contributed by atoms with Crippen molar-refractivity contribution in [1.82, 2.24) is 0 Å². The van der Waals surface area contributed by atoms with E-state index in [-0.39, 0.29) is 17.0 Å². The number of carbonyl (C=O) groups is 2. The molecule has 0 saturated heterocycles. The van der Waals surface area contributed by atoms with Crippen molar-refractivity contribution in [3.05, 3.63) is 79.7 Å². The molecule has 0 amide bonds. The third kappa shape index (κ3) is 3.36. The zero-order valence-electron chi connectivity index (χ0n) is 16.6. The molecule has 1 aromatic heterocycles. The fourth-order valence-electron chi connectivity index (χ4n) is 3.40. The molecule has 0 N–H and O–H groups in total. The number of fused-ring (bicyclic) bond motifs is 1. The zero-order chi connectivity index (χ0) is 20.6. The van der Waals surface area contributed by atoms with Crippen LogP contribution in [0.4, 0.5) is 0 Å². The molecule has 2 aromatic carbocycles. The number of hydrogen-bond acceptors (Lipinski definition) is 5. The van der Waals surface area contributed by atoms with Crippen LogP contribution in [0.15, 0.2) is 39.5 Å². The highest BCUT2D eigenvalue weighted by Crippen LogP contribution is 2.26. The highest BCUT2D eigenvalue weighted by atomic mass is 16.5. The van der Waals surface area contributed by atoms with Gasteiger partial charge in [-0.1, -0.05) is 12.1 Å². The van der Waals surface area contributed by atoms with Crippen LogP contribution in [0.5, 0.6) is 0 Å². The van der Waals surface area contributed by atoms with Crippen LogP contribution < -0.4 is 5.43 Å². The van der Waals surface area contributed by atoms with E-state index in [1.165, 1.54) is 0 Å². The first-order valence-corrected chi connectivity index (χ1v) is 9.02. The fourth-order valence-corrected chi connectivity index (χ4v) is 3.40. The number of ether oxygens (including phenoxy) is 1. The van der Waals surface area contributed by atoms with Crippen LogP contribution in [0, 0.1) is 34.6 Å². The Morgan fingerprint density at radius 3 is 2.11 bits per heavy atom. The minimum Gasteiger partial charge on any atom is -0.451 e. The monoisotopic (exact) mass is 378 g/mol. The molecule has 0 aliphatic rings. The molecular weight excluding hydrogens is 356 g/mol. The summed E-state index contributed by atoms with van der Waals surface area (Å²) in [7, 11) is 0. The predicted octanol–water partition coefficient (Wildman–Crippen LogP) is 4.37. The zero-order valence-corrected chi connectivity index (χ0v) is 16.6. The van der Waals surface area contributed by atoms with Crippen molar-refractivity contribution >= 4 is 22.7 Å². The third-order valence-corrected chi connectivity index (χ3v) is 5.45. The molecule has 0 bridgehead atoms. The van der Waals surface area contributed by atoms with Crippen molar-refractivity contribution in [1.29, 1.82) is 0 Å². The molecule has 144 valence electrons. The summed E-state index contributed by atoms with van der Waals surface area (Å²) in [6.07, 6.45) is 0. The lowest BCUT2D eigenvalue weighted by Crippen LogP contribution is -2.18. The van der Waals surface area contributed by atoms with Crippen molar-refractivity contribution in [3.63, 3.8) is 0 Å². The molecule has 3 aromatic rings. The van der Waals surface area contributed by atoms with Crippen molar-refractivity contribution < 1.29 is 18.7 Å². The number of benzene rings is 2. The van der Waals surface area contributed by atoms with Gasteiger partial charge in [0, 0.05) is 11.6 Å². The number of hydrogen-bond donors (Lipinski definition) is 0. The Bertz CT molecular complexity index is 1140. The normalized spacial score (nSPS) is 10.9. The summed E-state index contributed by atoms with van der Waals surface area (Å²) < 4.78 is 10.6. The van der Waals surface area contributed by atoms with Gasteiger partial charge in [0.25, 0.3) is 0 Å². The van der Waals surface area contributed by atoms with E-state index in [9.17, 15) is 14.4 Å². The first kappa shape index (κ1) is 19.5. The Morgan fingerprint density at radius 2 is 1.46 bits per heavy atom. The number of Topliss-reactive ketones (excluding diaryl/α,β-unsaturated/α-hetero) is 1. The SMILES string of the molecule is Cc1c(C)c(C)c(C(=O)COC(=O)c2cc(=O)c3ccccc3o2)c(C)c1C. The standard InChI is InChI=1S/C23H22O5/c1-12-13(2)15(4)22(16(5)14(12)3)19(25)11-27-23(26)21-10-18(24)17-8-6-7-9-20(17)28-21/h6-10H,11H2,1-5H3. The average molecular weight is 378 g/mol. The quantitative estimate of drug-likeness (QED) is 0.498. The summed E-state index contributed by atoms with van der Waals surface area (Å²) in [5, 5.41) is 0.381. The summed E-state index contributed by atoms with van der Waals surface area (Å²) in [6.45, 7) is 9.35. The van der Waals surface area contributed by atoms with Gasteiger partial charge in [-0.25, -0.2) is 4.79 Å². The van der Waals surface area contributed by atoms with E-state index in [2.05, 4.69) is 0 Å². The average Bonchev–Trinajstić information content (AvgIpc) is 2.69. The number of esters is 1. The lowest BCUT2D eigenvalue weighted by Gasteiger charge is -2.17. The molecule has 0 radical (unpaired) electrons. The van der Waals surface area contributed by atoms with Gasteiger partial charge in [0.15, 0.2) is 12.0 Å². The second kappa shape index (κ2) is 7.43. The third-order valence-electron chi connectivity index (χ3n) is 5.45. The fraction of sp³-hybridized carbons (Fsp3) is 0.261. The minimum atomic E-state index is -0.841. The smallest absolute Gasteiger partial charge is 0.374 e. The van der Waals surface area contributed by atoms with Crippen molar-refractivity contribution in [2.75, 3.05) is 6.61 Å². The van der Waals surface area contributed by atoms with E-state index < -0.39 is 12.6 Å². The van der Waals surface area contributed by atoms with Gasteiger partial charge in [0.05, 0.1) is 5.39 Å². The Hall–Kier alpha value is -3.21. The largest absolute Gasteiger partial charge is 0.451 e. The van der Waals surface area contributed by atoms with E-state index in [0.717, 1.165) is 33.9 Å². The van der Waals surface area contributed by atoms with Gasteiger partial charge in [0.1, 0.15) is 5.58 Å². The number of ketones is 1. The van der Waals surface area contributed by atoms with Crippen molar-refractivity contribution in [2.24, 2.45) is 0 Å². The van der Waals surface area contributed by atoms with Gasteiger partial charge < -0.3 is 9.15 Å². The Morgan fingerprint density at radius 1 is 0.893 bits per heavy atom. The summed E-state index contributed by atoms with van der Waals surface area (Å²) in [6, 6.07) is 7.73. The van der Waals surface area contributed by atoms with Gasteiger partial charge in [-0.2, -0.15) is 0 Å². The second-order valence-electron chi connectivity index (χ2n) is 6.97. The number of rotatable bonds is 4.